The predicted octanol–water partition coefficient (Wildman–Crippen LogP) is 3.77. The Morgan fingerprint density at radius 3 is 2.50 bits per heavy atom. The molecule has 0 fully saturated rings. The third-order valence-electron chi connectivity index (χ3n) is 4.07. The van der Waals surface area contributed by atoms with Gasteiger partial charge in [0.25, 0.3) is 0 Å². The fraction of sp³-hybridized carbons (Fsp3) is 0.100. The molecule has 1 aliphatic rings. The van der Waals surface area contributed by atoms with Crippen molar-refractivity contribution in [3.05, 3.63) is 59.7 Å². The number of anilines is 4. The zero-order valence-electron chi connectivity index (χ0n) is 14.6. The monoisotopic (exact) mass is 348 g/mol. The fourth-order valence-corrected chi connectivity index (χ4v) is 2.65. The van der Waals surface area contributed by atoms with Gasteiger partial charge >= 0.3 is 0 Å². The largest absolute Gasteiger partial charge is 0.506 e. The Labute approximate surface area is 151 Å². The molecule has 0 radical (unpaired) electrons. The van der Waals surface area contributed by atoms with Crippen molar-refractivity contribution in [3.63, 3.8) is 0 Å². The summed E-state index contributed by atoms with van der Waals surface area (Å²) in [5, 5.41) is 13.4. The van der Waals surface area contributed by atoms with E-state index in [2.05, 4.69) is 10.3 Å². The molecule has 1 aliphatic carbocycles. The summed E-state index contributed by atoms with van der Waals surface area (Å²) >= 11 is 0. The van der Waals surface area contributed by atoms with Crippen LogP contribution in [0.5, 0.6) is 5.75 Å². The number of nitrogen functional groups attached to an aromatic ring is 2. The van der Waals surface area contributed by atoms with Gasteiger partial charge in [0.2, 0.25) is 0 Å². The van der Waals surface area contributed by atoms with E-state index in [4.69, 9.17) is 11.5 Å². The predicted molar refractivity (Wildman–Crippen MR) is 106 cm³/mol. The van der Waals surface area contributed by atoms with Crippen molar-refractivity contribution in [3.8, 4) is 5.75 Å². The maximum atomic E-state index is 11.4. The van der Waals surface area contributed by atoms with Gasteiger partial charge in [-0.1, -0.05) is 0 Å². The topological polar surface area (TPSA) is 114 Å². The van der Waals surface area contributed by atoms with Crippen molar-refractivity contribution in [1.29, 1.82) is 0 Å². The van der Waals surface area contributed by atoms with E-state index in [-0.39, 0.29) is 11.5 Å². The van der Waals surface area contributed by atoms with Gasteiger partial charge in [0.15, 0.2) is 5.78 Å². The standard InChI is InChI=1S/C20H20N4O2/c1-11-7-13(21)3-5-16(11)24-19-10-18(15(22)9-20(19)26)23-17-6-4-14(25)8-12(17)2/h3-10,24,26H,21-22H2,1-2H3. The number of nitrogens with zero attached hydrogens (tertiary/aromatic N) is 1. The number of rotatable bonds is 3. The third-order valence-corrected chi connectivity index (χ3v) is 4.07. The molecular formula is C20H20N4O2. The van der Waals surface area contributed by atoms with Crippen LogP contribution < -0.4 is 16.8 Å². The average Bonchev–Trinajstić information content (AvgIpc) is 2.56. The molecule has 6 heteroatoms. The van der Waals surface area contributed by atoms with Crippen LogP contribution in [0.1, 0.15) is 12.5 Å². The molecule has 0 aromatic heterocycles. The first-order valence-electron chi connectivity index (χ1n) is 8.08. The van der Waals surface area contributed by atoms with Crippen molar-refractivity contribution in [2.45, 2.75) is 13.8 Å². The van der Waals surface area contributed by atoms with E-state index in [9.17, 15) is 9.90 Å². The summed E-state index contributed by atoms with van der Waals surface area (Å²) in [5.74, 6) is -0.0504. The van der Waals surface area contributed by atoms with E-state index in [0.29, 0.717) is 28.5 Å². The van der Waals surface area contributed by atoms with Gasteiger partial charge in [-0.15, -0.1) is 0 Å². The molecule has 0 atom stereocenters. The number of aliphatic imine (C=N–C) groups is 1. The van der Waals surface area contributed by atoms with E-state index in [0.717, 1.165) is 16.8 Å². The Kier molecular flexibility index (Phi) is 4.49. The normalized spacial score (nSPS) is 15.2. The maximum absolute atomic E-state index is 11.4. The highest BCUT2D eigenvalue weighted by Gasteiger charge is 2.12. The number of nitrogens with one attached hydrogen (secondary N) is 1. The molecule has 3 rings (SSSR count). The number of nitrogens with two attached hydrogens (primary N) is 2. The number of aromatic hydroxyl groups is 1. The molecule has 0 amide bonds. The number of ketones is 1. The first-order valence-corrected chi connectivity index (χ1v) is 8.08. The van der Waals surface area contributed by atoms with E-state index in [1.807, 2.05) is 26.0 Å². The maximum Gasteiger partial charge on any atom is 0.179 e. The molecule has 0 saturated heterocycles. The van der Waals surface area contributed by atoms with Gasteiger partial charge in [-0.2, -0.15) is 0 Å². The SMILES string of the molecule is CC1=CC(=O)C=CC1=Nc1cc(Nc2ccc(N)cc2C)c(O)cc1N. The Balaban J connectivity index is 1.99. The van der Waals surface area contributed by atoms with Gasteiger partial charge in [-0.3, -0.25) is 4.79 Å². The Bertz CT molecular complexity index is 988. The fourth-order valence-electron chi connectivity index (χ4n) is 2.65. The van der Waals surface area contributed by atoms with Crippen molar-refractivity contribution in [2.75, 3.05) is 16.8 Å². The van der Waals surface area contributed by atoms with Crippen LogP contribution in [0.2, 0.25) is 0 Å². The Morgan fingerprint density at radius 2 is 1.81 bits per heavy atom. The lowest BCUT2D eigenvalue weighted by Gasteiger charge is -2.14. The second-order valence-electron chi connectivity index (χ2n) is 6.19. The van der Waals surface area contributed by atoms with E-state index in [1.54, 1.807) is 18.2 Å². The van der Waals surface area contributed by atoms with Gasteiger partial charge in [0, 0.05) is 17.4 Å². The molecule has 2 aromatic rings. The van der Waals surface area contributed by atoms with Gasteiger partial charge in [0.1, 0.15) is 5.75 Å². The molecule has 0 spiro atoms. The van der Waals surface area contributed by atoms with E-state index in [1.165, 1.54) is 18.2 Å². The second kappa shape index (κ2) is 6.76. The van der Waals surface area contributed by atoms with Gasteiger partial charge < -0.3 is 21.9 Å². The quantitative estimate of drug-likeness (QED) is 0.383. The number of carbonyl (C=O) groups excluding carboxylic acids is 1. The van der Waals surface area contributed by atoms with Crippen LogP contribution in [0, 0.1) is 6.92 Å². The van der Waals surface area contributed by atoms with Crippen LogP contribution in [0.3, 0.4) is 0 Å². The number of allylic oxidation sites excluding steroid dienone is 4. The van der Waals surface area contributed by atoms with E-state index < -0.39 is 0 Å². The molecule has 26 heavy (non-hydrogen) atoms. The Hall–Kier alpha value is -3.54. The van der Waals surface area contributed by atoms with Crippen molar-refractivity contribution >= 4 is 39.9 Å². The van der Waals surface area contributed by atoms with Crippen molar-refractivity contribution < 1.29 is 9.90 Å². The average molecular weight is 348 g/mol. The van der Waals surface area contributed by atoms with Crippen molar-refractivity contribution in [1.82, 2.24) is 0 Å². The van der Waals surface area contributed by atoms with Crippen LogP contribution >= 0.6 is 0 Å². The summed E-state index contributed by atoms with van der Waals surface area (Å²) in [6.45, 7) is 3.74. The third kappa shape index (κ3) is 3.59. The highest BCUT2D eigenvalue weighted by Crippen LogP contribution is 2.37. The van der Waals surface area contributed by atoms with Crippen LogP contribution in [-0.2, 0) is 4.79 Å². The minimum Gasteiger partial charge on any atom is -0.506 e. The molecule has 0 unspecified atom stereocenters. The van der Waals surface area contributed by atoms with Crippen LogP contribution in [0.4, 0.5) is 28.4 Å². The first kappa shape index (κ1) is 17.3. The number of hydrogen-bond donors (Lipinski definition) is 4. The second-order valence-corrected chi connectivity index (χ2v) is 6.19. The first-order chi connectivity index (χ1) is 12.3. The number of phenolic OH excluding ortho intramolecular Hbond substituents is 1. The molecule has 132 valence electrons. The number of benzene rings is 2. The van der Waals surface area contributed by atoms with Crippen molar-refractivity contribution in [2.24, 2.45) is 4.99 Å². The molecule has 0 saturated carbocycles. The van der Waals surface area contributed by atoms with Crippen LogP contribution in [-0.4, -0.2) is 16.6 Å². The summed E-state index contributed by atoms with van der Waals surface area (Å²) < 4.78 is 0. The summed E-state index contributed by atoms with van der Waals surface area (Å²) in [6, 6.07) is 8.59. The number of phenols is 1. The molecule has 2 aromatic carbocycles. The summed E-state index contributed by atoms with van der Waals surface area (Å²) in [5.41, 5.74) is 16.9. The highest BCUT2D eigenvalue weighted by atomic mass is 16.3. The zero-order valence-corrected chi connectivity index (χ0v) is 14.6. The lowest BCUT2D eigenvalue weighted by Crippen LogP contribution is -2.05. The van der Waals surface area contributed by atoms with Crippen LogP contribution in [0.25, 0.3) is 0 Å². The molecular weight excluding hydrogens is 328 g/mol. The number of aryl methyl sites for hydroxylation is 1. The van der Waals surface area contributed by atoms with Gasteiger partial charge in [-0.05, 0) is 67.5 Å². The van der Waals surface area contributed by atoms with Crippen LogP contribution in [0.15, 0.2) is 59.1 Å². The van der Waals surface area contributed by atoms with E-state index >= 15 is 0 Å². The highest BCUT2D eigenvalue weighted by molar-refractivity contribution is 6.20. The molecule has 0 bridgehead atoms. The summed E-state index contributed by atoms with van der Waals surface area (Å²) in [4.78, 5) is 15.9. The minimum absolute atomic E-state index is 0.0179. The molecule has 6 nitrogen and oxygen atoms in total. The molecule has 0 heterocycles. The minimum atomic E-state index is -0.0682. The van der Waals surface area contributed by atoms with Gasteiger partial charge in [0.05, 0.1) is 22.8 Å². The summed E-state index contributed by atoms with van der Waals surface area (Å²) in [7, 11) is 0. The smallest absolute Gasteiger partial charge is 0.179 e. The zero-order chi connectivity index (χ0) is 18.8. The Morgan fingerprint density at radius 1 is 1.04 bits per heavy atom. The van der Waals surface area contributed by atoms with Gasteiger partial charge in [-0.25, -0.2) is 4.99 Å². The molecule has 6 N–H and O–H groups in total. The molecule has 0 aliphatic heterocycles. The number of hydrogen-bond acceptors (Lipinski definition) is 6. The lowest BCUT2D eigenvalue weighted by molar-refractivity contribution is -0.110. The number of carbonyl (C=O) groups is 1. The summed E-state index contributed by atoms with van der Waals surface area (Å²) in [6.07, 6.45) is 4.63. The lowest BCUT2D eigenvalue weighted by atomic mass is 10.0.